The van der Waals surface area contributed by atoms with E-state index in [1.54, 1.807) is 36.4 Å². The lowest BCUT2D eigenvalue weighted by atomic mass is 10.0. The average Bonchev–Trinajstić information content (AvgIpc) is 2.62. The topological polar surface area (TPSA) is 87.7 Å². The molecule has 0 saturated carbocycles. The number of amides is 2. The van der Waals surface area contributed by atoms with Crippen LogP contribution in [0.25, 0.3) is 0 Å². The maximum Gasteiger partial charge on any atom is 0.323 e. The van der Waals surface area contributed by atoms with Crippen LogP contribution in [0.2, 0.25) is 0 Å². The third-order valence-corrected chi connectivity index (χ3v) is 5.42. The van der Waals surface area contributed by atoms with E-state index in [-0.39, 0.29) is 0 Å². The molecule has 1 aliphatic heterocycles. The van der Waals surface area contributed by atoms with Gasteiger partial charge in [-0.3, -0.25) is 4.31 Å². The molecule has 0 aliphatic carbocycles. The van der Waals surface area contributed by atoms with Gasteiger partial charge in [-0.25, -0.2) is 13.2 Å². The Bertz CT molecular complexity index is 926. The molecule has 1 aliphatic rings. The summed E-state index contributed by atoms with van der Waals surface area (Å²) < 4.78 is 30.8. The highest BCUT2D eigenvalue weighted by Crippen LogP contribution is 2.31. The van der Waals surface area contributed by atoms with Crippen LogP contribution in [-0.2, 0) is 16.4 Å². The Labute approximate surface area is 159 Å². The fourth-order valence-electron chi connectivity index (χ4n) is 3.06. The lowest BCUT2D eigenvalue weighted by Gasteiger charge is -2.29. The number of sulfonamides is 1. The van der Waals surface area contributed by atoms with Gasteiger partial charge >= 0.3 is 6.03 Å². The second-order valence-electron chi connectivity index (χ2n) is 6.32. The van der Waals surface area contributed by atoms with Crippen LogP contribution in [0.5, 0.6) is 5.75 Å². The van der Waals surface area contributed by atoms with Gasteiger partial charge in [-0.1, -0.05) is 6.07 Å². The quantitative estimate of drug-likeness (QED) is 0.820. The van der Waals surface area contributed by atoms with Crippen LogP contribution in [-0.4, -0.2) is 33.9 Å². The monoisotopic (exact) mass is 389 g/mol. The van der Waals surface area contributed by atoms with Crippen LogP contribution in [0, 0.1) is 0 Å². The normalized spacial score (nSPS) is 13.6. The standard InChI is InChI=1S/C19H23N3O4S/c1-3-26-17-10-8-15(9-11-17)20-19(23)21-16-7-6-14-5-4-12-22(18(14)13-16)27(2,24)25/h6-11,13H,3-5,12H2,1-2H3,(H2,20,21,23). The number of hydrogen-bond acceptors (Lipinski definition) is 4. The molecule has 2 aromatic rings. The molecule has 0 saturated heterocycles. The summed E-state index contributed by atoms with van der Waals surface area (Å²) in [6.45, 7) is 2.94. The fraction of sp³-hybridized carbons (Fsp3) is 0.316. The van der Waals surface area contributed by atoms with Crippen LogP contribution in [0.3, 0.4) is 0 Å². The van der Waals surface area contributed by atoms with E-state index < -0.39 is 16.1 Å². The zero-order valence-corrected chi connectivity index (χ0v) is 16.2. The average molecular weight is 389 g/mol. The smallest absolute Gasteiger partial charge is 0.323 e. The summed E-state index contributed by atoms with van der Waals surface area (Å²) in [5, 5.41) is 5.49. The number of ether oxygens (including phenoxy) is 1. The highest BCUT2D eigenvalue weighted by atomic mass is 32.2. The van der Waals surface area contributed by atoms with Crippen LogP contribution < -0.4 is 19.7 Å². The maximum atomic E-state index is 12.3. The van der Waals surface area contributed by atoms with Gasteiger partial charge in [0.2, 0.25) is 10.0 Å². The van der Waals surface area contributed by atoms with Gasteiger partial charge in [0, 0.05) is 17.9 Å². The van der Waals surface area contributed by atoms with Gasteiger partial charge in [0.1, 0.15) is 5.75 Å². The lowest BCUT2D eigenvalue weighted by Crippen LogP contribution is -2.34. The highest BCUT2D eigenvalue weighted by molar-refractivity contribution is 7.92. The van der Waals surface area contributed by atoms with Crippen molar-refractivity contribution in [1.29, 1.82) is 0 Å². The van der Waals surface area contributed by atoms with E-state index >= 15 is 0 Å². The molecule has 1 heterocycles. The van der Waals surface area contributed by atoms with E-state index in [1.165, 1.54) is 10.6 Å². The molecule has 8 heteroatoms. The van der Waals surface area contributed by atoms with Crippen molar-refractivity contribution in [1.82, 2.24) is 0 Å². The van der Waals surface area contributed by atoms with E-state index in [0.717, 1.165) is 24.2 Å². The van der Waals surface area contributed by atoms with Crippen molar-refractivity contribution in [3.8, 4) is 5.75 Å². The zero-order valence-electron chi connectivity index (χ0n) is 15.4. The van der Waals surface area contributed by atoms with Crippen molar-refractivity contribution in [2.45, 2.75) is 19.8 Å². The molecule has 0 unspecified atom stereocenters. The predicted molar refractivity (Wildman–Crippen MR) is 107 cm³/mol. The largest absolute Gasteiger partial charge is 0.494 e. The van der Waals surface area contributed by atoms with Gasteiger partial charge in [-0.2, -0.15) is 0 Å². The third-order valence-electron chi connectivity index (χ3n) is 4.24. The summed E-state index contributed by atoms with van der Waals surface area (Å²) >= 11 is 0. The molecule has 2 N–H and O–H groups in total. The van der Waals surface area contributed by atoms with Gasteiger partial charge in [-0.05, 0) is 61.7 Å². The number of nitrogens with zero attached hydrogens (tertiary/aromatic N) is 1. The fourth-order valence-corrected chi connectivity index (χ4v) is 4.05. The number of carbonyl (C=O) groups excluding carboxylic acids is 1. The summed E-state index contributed by atoms with van der Waals surface area (Å²) in [6, 6.07) is 12.0. The van der Waals surface area contributed by atoms with Crippen LogP contribution in [0.4, 0.5) is 21.9 Å². The molecule has 144 valence electrons. The molecule has 0 aromatic heterocycles. The molecular weight excluding hydrogens is 366 g/mol. The lowest BCUT2D eigenvalue weighted by molar-refractivity contribution is 0.262. The summed E-state index contributed by atoms with van der Waals surface area (Å²) in [6.07, 6.45) is 2.80. The minimum absolute atomic E-state index is 0.402. The first-order valence-corrected chi connectivity index (χ1v) is 10.6. The van der Waals surface area contributed by atoms with E-state index in [0.29, 0.717) is 30.2 Å². The molecule has 0 radical (unpaired) electrons. The molecule has 2 aromatic carbocycles. The third kappa shape index (κ3) is 4.71. The Balaban J connectivity index is 1.71. The SMILES string of the molecule is CCOc1ccc(NC(=O)Nc2ccc3c(c2)N(S(C)(=O)=O)CCC3)cc1. The van der Waals surface area contributed by atoms with Gasteiger partial charge in [0.05, 0.1) is 18.6 Å². The zero-order chi connectivity index (χ0) is 19.4. The molecule has 7 nitrogen and oxygen atoms in total. The van der Waals surface area contributed by atoms with Crippen molar-refractivity contribution in [2.24, 2.45) is 0 Å². The molecule has 3 rings (SSSR count). The molecular formula is C19H23N3O4S. The second kappa shape index (κ2) is 7.87. The number of hydrogen-bond donors (Lipinski definition) is 2. The maximum absolute atomic E-state index is 12.3. The minimum Gasteiger partial charge on any atom is -0.494 e. The first kappa shape index (κ1) is 19.0. The molecule has 0 fully saturated rings. The number of aryl methyl sites for hydroxylation is 1. The van der Waals surface area contributed by atoms with E-state index in [2.05, 4.69) is 10.6 Å². The van der Waals surface area contributed by atoms with Gasteiger partial charge in [0.15, 0.2) is 0 Å². The number of anilines is 3. The van der Waals surface area contributed by atoms with E-state index in [4.69, 9.17) is 4.74 Å². The predicted octanol–water partition coefficient (Wildman–Crippen LogP) is 3.44. The highest BCUT2D eigenvalue weighted by Gasteiger charge is 2.24. The Morgan fingerprint density at radius 2 is 1.78 bits per heavy atom. The second-order valence-corrected chi connectivity index (χ2v) is 8.23. The molecule has 2 amide bonds. The number of carbonyl (C=O) groups is 1. The van der Waals surface area contributed by atoms with Crippen molar-refractivity contribution < 1.29 is 17.9 Å². The molecule has 0 bridgehead atoms. The first-order chi connectivity index (χ1) is 12.9. The number of fused-ring (bicyclic) bond motifs is 1. The van der Waals surface area contributed by atoms with E-state index in [1.807, 2.05) is 13.0 Å². The Morgan fingerprint density at radius 1 is 1.11 bits per heavy atom. The molecule has 27 heavy (non-hydrogen) atoms. The number of benzene rings is 2. The van der Waals surface area contributed by atoms with Crippen molar-refractivity contribution >= 4 is 33.1 Å². The van der Waals surface area contributed by atoms with E-state index in [9.17, 15) is 13.2 Å². The summed E-state index contributed by atoms with van der Waals surface area (Å²) in [5.41, 5.74) is 2.76. The Morgan fingerprint density at radius 3 is 2.44 bits per heavy atom. The summed E-state index contributed by atoms with van der Waals surface area (Å²) in [4.78, 5) is 12.3. The van der Waals surface area contributed by atoms with Gasteiger partial charge in [0.25, 0.3) is 0 Å². The Hall–Kier alpha value is -2.74. The van der Waals surface area contributed by atoms with Crippen molar-refractivity contribution in [2.75, 3.05) is 34.3 Å². The number of urea groups is 1. The summed E-state index contributed by atoms with van der Waals surface area (Å²) in [5.74, 6) is 0.735. The number of nitrogens with one attached hydrogen (secondary N) is 2. The molecule has 0 spiro atoms. The van der Waals surface area contributed by atoms with Gasteiger partial charge < -0.3 is 15.4 Å². The van der Waals surface area contributed by atoms with Crippen LogP contribution in [0.15, 0.2) is 42.5 Å². The van der Waals surface area contributed by atoms with Crippen LogP contribution in [0.1, 0.15) is 18.9 Å². The minimum atomic E-state index is -3.35. The Kier molecular flexibility index (Phi) is 5.55. The van der Waals surface area contributed by atoms with Crippen LogP contribution >= 0.6 is 0 Å². The summed E-state index contributed by atoms with van der Waals surface area (Å²) in [7, 11) is -3.35. The molecule has 0 atom stereocenters. The van der Waals surface area contributed by atoms with Crippen molar-refractivity contribution in [3.63, 3.8) is 0 Å². The first-order valence-electron chi connectivity index (χ1n) is 8.78. The number of rotatable bonds is 5. The van der Waals surface area contributed by atoms with Gasteiger partial charge in [-0.15, -0.1) is 0 Å². The van der Waals surface area contributed by atoms with Crippen molar-refractivity contribution in [3.05, 3.63) is 48.0 Å².